The number of benzene rings is 2. The van der Waals surface area contributed by atoms with Gasteiger partial charge in [-0.25, -0.2) is 0 Å². The van der Waals surface area contributed by atoms with Crippen molar-refractivity contribution in [3.63, 3.8) is 0 Å². The molecule has 1 N–H and O–H groups in total. The molecule has 114 valence electrons. The van der Waals surface area contributed by atoms with Crippen molar-refractivity contribution in [2.45, 2.75) is 6.42 Å². The standard InChI is InChI=1S/C17H14ClN5/c18-13-5-3-6-14(10-13)20-17-21-16(11-19-22-17)23-9-8-12-4-1-2-7-15(12)23/h1-7,10-11H,8-9H2,(H,20,21,22). The molecule has 1 aliphatic rings. The average Bonchev–Trinajstić information content (AvgIpc) is 2.99. The first kappa shape index (κ1) is 14.0. The fourth-order valence-electron chi connectivity index (χ4n) is 2.75. The Hall–Kier alpha value is -2.66. The molecular formula is C17H14ClN5. The molecule has 0 amide bonds. The Morgan fingerprint density at radius 3 is 2.91 bits per heavy atom. The Kier molecular flexibility index (Phi) is 3.55. The molecule has 0 fully saturated rings. The summed E-state index contributed by atoms with van der Waals surface area (Å²) < 4.78 is 0. The summed E-state index contributed by atoms with van der Waals surface area (Å²) in [5.74, 6) is 1.24. The molecule has 0 saturated carbocycles. The van der Waals surface area contributed by atoms with Crippen molar-refractivity contribution in [2.24, 2.45) is 0 Å². The number of hydrogen-bond acceptors (Lipinski definition) is 5. The second-order valence-corrected chi connectivity index (χ2v) is 5.74. The van der Waals surface area contributed by atoms with E-state index in [1.807, 2.05) is 30.3 Å². The van der Waals surface area contributed by atoms with E-state index in [-0.39, 0.29) is 0 Å². The monoisotopic (exact) mass is 323 g/mol. The first-order valence-electron chi connectivity index (χ1n) is 7.37. The molecule has 0 atom stereocenters. The molecule has 6 heteroatoms. The Labute approximate surface area is 139 Å². The molecule has 1 aromatic heterocycles. The molecule has 1 aliphatic heterocycles. The highest BCUT2D eigenvalue weighted by Gasteiger charge is 2.21. The van der Waals surface area contributed by atoms with Crippen LogP contribution in [0, 0.1) is 0 Å². The number of nitrogens with zero attached hydrogens (tertiary/aromatic N) is 4. The Bertz CT molecular complexity index is 852. The molecule has 2 aromatic carbocycles. The van der Waals surface area contributed by atoms with E-state index in [0.717, 1.165) is 24.5 Å². The van der Waals surface area contributed by atoms with Gasteiger partial charge in [0.1, 0.15) is 0 Å². The molecule has 0 radical (unpaired) electrons. The number of aromatic nitrogens is 3. The summed E-state index contributed by atoms with van der Waals surface area (Å²) in [7, 11) is 0. The molecule has 0 bridgehead atoms. The van der Waals surface area contributed by atoms with Crippen LogP contribution in [-0.2, 0) is 6.42 Å². The first-order chi connectivity index (χ1) is 11.3. The van der Waals surface area contributed by atoms with Crippen LogP contribution in [0.3, 0.4) is 0 Å². The summed E-state index contributed by atoms with van der Waals surface area (Å²) in [6.07, 6.45) is 2.70. The molecule has 3 aromatic rings. The number of nitrogens with one attached hydrogen (secondary N) is 1. The zero-order valence-electron chi connectivity index (χ0n) is 12.3. The Morgan fingerprint density at radius 1 is 1.09 bits per heavy atom. The molecule has 0 unspecified atom stereocenters. The molecule has 0 saturated heterocycles. The first-order valence-corrected chi connectivity index (χ1v) is 7.75. The van der Waals surface area contributed by atoms with Gasteiger partial charge in [0.2, 0.25) is 5.95 Å². The number of halogens is 1. The van der Waals surface area contributed by atoms with Gasteiger partial charge in [0.15, 0.2) is 5.82 Å². The molecule has 4 rings (SSSR count). The van der Waals surface area contributed by atoms with Crippen LogP contribution in [0.4, 0.5) is 23.1 Å². The number of para-hydroxylation sites is 1. The molecule has 0 aliphatic carbocycles. The van der Waals surface area contributed by atoms with E-state index in [1.165, 1.54) is 11.3 Å². The second kappa shape index (κ2) is 5.85. The van der Waals surface area contributed by atoms with Gasteiger partial charge in [0.05, 0.1) is 6.20 Å². The van der Waals surface area contributed by atoms with E-state index >= 15 is 0 Å². The molecule has 5 nitrogen and oxygen atoms in total. The maximum absolute atomic E-state index is 6.00. The van der Waals surface area contributed by atoms with Crippen LogP contribution in [0.25, 0.3) is 0 Å². The van der Waals surface area contributed by atoms with Gasteiger partial charge in [-0.15, -0.1) is 5.10 Å². The molecule has 2 heterocycles. The van der Waals surface area contributed by atoms with Gasteiger partial charge >= 0.3 is 0 Å². The zero-order chi connectivity index (χ0) is 15.6. The summed E-state index contributed by atoms with van der Waals surface area (Å²) in [6.45, 7) is 0.897. The lowest BCUT2D eigenvalue weighted by atomic mass is 10.2. The minimum Gasteiger partial charge on any atom is -0.324 e. The summed E-state index contributed by atoms with van der Waals surface area (Å²) in [5.41, 5.74) is 3.34. The normalized spacial score (nSPS) is 13.0. The lowest BCUT2D eigenvalue weighted by molar-refractivity contribution is 0.920. The molecular weight excluding hydrogens is 310 g/mol. The number of hydrogen-bond donors (Lipinski definition) is 1. The van der Waals surface area contributed by atoms with E-state index in [1.54, 1.807) is 6.20 Å². The highest BCUT2D eigenvalue weighted by Crippen LogP contribution is 2.33. The van der Waals surface area contributed by atoms with E-state index in [4.69, 9.17) is 11.6 Å². The van der Waals surface area contributed by atoms with E-state index in [0.29, 0.717) is 11.0 Å². The van der Waals surface area contributed by atoms with Gasteiger partial charge in [0.25, 0.3) is 0 Å². The van der Waals surface area contributed by atoms with Gasteiger partial charge in [-0.3, -0.25) is 0 Å². The van der Waals surface area contributed by atoms with Gasteiger partial charge in [-0.2, -0.15) is 10.1 Å². The van der Waals surface area contributed by atoms with Crippen molar-refractivity contribution < 1.29 is 0 Å². The van der Waals surface area contributed by atoms with Crippen LogP contribution in [-0.4, -0.2) is 21.7 Å². The van der Waals surface area contributed by atoms with Crippen LogP contribution in [0.15, 0.2) is 54.7 Å². The van der Waals surface area contributed by atoms with E-state index in [2.05, 4.69) is 43.6 Å². The fourth-order valence-corrected chi connectivity index (χ4v) is 2.94. The average molecular weight is 324 g/mol. The van der Waals surface area contributed by atoms with Gasteiger partial charge in [-0.1, -0.05) is 35.9 Å². The van der Waals surface area contributed by atoms with Crippen molar-refractivity contribution >= 4 is 34.7 Å². The highest BCUT2D eigenvalue weighted by molar-refractivity contribution is 6.30. The summed E-state index contributed by atoms with van der Waals surface area (Å²) >= 11 is 6.00. The fraction of sp³-hybridized carbons (Fsp3) is 0.118. The predicted molar refractivity (Wildman–Crippen MR) is 91.7 cm³/mol. The van der Waals surface area contributed by atoms with E-state index < -0.39 is 0 Å². The van der Waals surface area contributed by atoms with Gasteiger partial charge < -0.3 is 10.2 Å². The smallest absolute Gasteiger partial charge is 0.249 e. The van der Waals surface area contributed by atoms with Crippen molar-refractivity contribution in [2.75, 3.05) is 16.8 Å². The minimum atomic E-state index is 0.453. The van der Waals surface area contributed by atoms with Crippen LogP contribution in [0.2, 0.25) is 5.02 Å². The number of anilines is 4. The highest BCUT2D eigenvalue weighted by atomic mass is 35.5. The largest absolute Gasteiger partial charge is 0.324 e. The van der Waals surface area contributed by atoms with Crippen LogP contribution in [0.1, 0.15) is 5.56 Å². The Balaban J connectivity index is 1.62. The summed E-state index contributed by atoms with van der Waals surface area (Å²) in [6, 6.07) is 15.8. The summed E-state index contributed by atoms with van der Waals surface area (Å²) in [5, 5.41) is 11.9. The minimum absolute atomic E-state index is 0.453. The predicted octanol–water partition coefficient (Wildman–Crippen LogP) is 3.96. The van der Waals surface area contributed by atoms with Crippen LogP contribution >= 0.6 is 11.6 Å². The van der Waals surface area contributed by atoms with Crippen LogP contribution < -0.4 is 10.2 Å². The van der Waals surface area contributed by atoms with Crippen molar-refractivity contribution in [1.82, 2.24) is 15.2 Å². The van der Waals surface area contributed by atoms with Gasteiger partial charge in [-0.05, 0) is 36.2 Å². The Morgan fingerprint density at radius 2 is 2.00 bits per heavy atom. The lowest BCUT2D eigenvalue weighted by Crippen LogP contribution is -2.16. The van der Waals surface area contributed by atoms with Crippen molar-refractivity contribution in [1.29, 1.82) is 0 Å². The molecule has 23 heavy (non-hydrogen) atoms. The third-order valence-electron chi connectivity index (χ3n) is 3.79. The zero-order valence-corrected chi connectivity index (χ0v) is 13.0. The third-order valence-corrected chi connectivity index (χ3v) is 4.03. The van der Waals surface area contributed by atoms with Crippen LogP contribution in [0.5, 0.6) is 0 Å². The quantitative estimate of drug-likeness (QED) is 0.790. The second-order valence-electron chi connectivity index (χ2n) is 5.30. The van der Waals surface area contributed by atoms with Gasteiger partial charge in [0, 0.05) is 22.9 Å². The lowest BCUT2D eigenvalue weighted by Gasteiger charge is -2.18. The number of fused-ring (bicyclic) bond motifs is 1. The van der Waals surface area contributed by atoms with E-state index in [9.17, 15) is 0 Å². The maximum Gasteiger partial charge on any atom is 0.249 e. The third kappa shape index (κ3) is 2.83. The topological polar surface area (TPSA) is 53.9 Å². The number of rotatable bonds is 3. The SMILES string of the molecule is Clc1cccc(Nc2nncc(N3CCc4ccccc43)n2)c1. The maximum atomic E-state index is 6.00. The summed E-state index contributed by atoms with van der Waals surface area (Å²) in [4.78, 5) is 6.74. The van der Waals surface area contributed by atoms with Crippen molar-refractivity contribution in [3.8, 4) is 0 Å². The molecule has 0 spiro atoms. The van der Waals surface area contributed by atoms with Crippen molar-refractivity contribution in [3.05, 3.63) is 65.3 Å².